The van der Waals surface area contributed by atoms with Crippen molar-refractivity contribution in [1.82, 2.24) is 0 Å². The van der Waals surface area contributed by atoms with Crippen LogP contribution in [0.25, 0.3) is 22.3 Å². The molecule has 3 N–H and O–H groups in total. The maximum atomic E-state index is 6.34. The summed E-state index contributed by atoms with van der Waals surface area (Å²) in [7, 11) is 0. The number of rotatable bonds is 4. The van der Waals surface area contributed by atoms with Crippen molar-refractivity contribution in [3.63, 3.8) is 0 Å². The van der Waals surface area contributed by atoms with Crippen LogP contribution in [0.3, 0.4) is 0 Å². The number of hydrogen-bond acceptors (Lipinski definition) is 2. The van der Waals surface area contributed by atoms with Crippen LogP contribution >= 0.6 is 0 Å². The Morgan fingerprint density at radius 1 is 0.562 bits per heavy atom. The highest BCUT2D eigenvalue weighted by Gasteiger charge is 2.18. The number of hydrogen-bond donors (Lipinski definition) is 2. The molecule has 162 valence electrons. The zero-order valence-electron chi connectivity index (χ0n) is 19.9. The van der Waals surface area contributed by atoms with Gasteiger partial charge in [-0.3, -0.25) is 0 Å². The summed E-state index contributed by atoms with van der Waals surface area (Å²) in [6, 6.07) is 23.6. The van der Waals surface area contributed by atoms with E-state index >= 15 is 0 Å². The Balaban J connectivity index is 2.05. The van der Waals surface area contributed by atoms with Crippen LogP contribution in [0.5, 0.6) is 0 Å². The molecule has 0 unspecified atom stereocenters. The van der Waals surface area contributed by atoms with Gasteiger partial charge in [-0.1, -0.05) is 65.7 Å². The van der Waals surface area contributed by atoms with Gasteiger partial charge in [-0.15, -0.1) is 0 Å². The maximum absolute atomic E-state index is 6.34. The highest BCUT2D eigenvalue weighted by molar-refractivity contribution is 5.96. The highest BCUT2D eigenvalue weighted by atomic mass is 14.9. The first-order chi connectivity index (χ1) is 15.3. The largest absolute Gasteiger partial charge is 0.397 e. The Morgan fingerprint density at radius 3 is 1.44 bits per heavy atom. The van der Waals surface area contributed by atoms with Gasteiger partial charge in [0.1, 0.15) is 0 Å². The van der Waals surface area contributed by atoms with Gasteiger partial charge in [0.15, 0.2) is 0 Å². The second-order valence-corrected chi connectivity index (χ2v) is 8.99. The second kappa shape index (κ2) is 8.55. The number of para-hydroxylation sites is 3. The van der Waals surface area contributed by atoms with Crippen LogP contribution in [0.2, 0.25) is 0 Å². The van der Waals surface area contributed by atoms with E-state index in [1.807, 2.05) is 24.3 Å². The Kier molecular flexibility index (Phi) is 5.80. The topological polar surface area (TPSA) is 38.0 Å². The summed E-state index contributed by atoms with van der Waals surface area (Å²) < 4.78 is 0. The predicted octanol–water partition coefficient (Wildman–Crippen LogP) is 8.20. The van der Waals surface area contributed by atoms with Crippen molar-refractivity contribution < 1.29 is 0 Å². The third-order valence-electron chi connectivity index (χ3n) is 6.18. The lowest BCUT2D eigenvalue weighted by atomic mass is 9.87. The Hall–Kier alpha value is -3.52. The van der Waals surface area contributed by atoms with E-state index in [2.05, 4.69) is 89.3 Å². The molecule has 0 amide bonds. The molecule has 0 aromatic heterocycles. The maximum Gasteiger partial charge on any atom is 0.0618 e. The quantitative estimate of drug-likeness (QED) is 0.327. The lowest BCUT2D eigenvalue weighted by Crippen LogP contribution is -2.02. The van der Waals surface area contributed by atoms with E-state index in [0.29, 0.717) is 0 Å². The molecular formula is C30H32N2. The fourth-order valence-electron chi connectivity index (χ4n) is 5.06. The zero-order valence-corrected chi connectivity index (χ0v) is 19.9. The molecule has 0 bridgehead atoms. The van der Waals surface area contributed by atoms with E-state index in [0.717, 1.165) is 17.1 Å². The summed E-state index contributed by atoms with van der Waals surface area (Å²) in [5, 5.41) is 3.72. The fraction of sp³-hybridized carbons (Fsp3) is 0.200. The summed E-state index contributed by atoms with van der Waals surface area (Å²) in [5.74, 6) is 0. The van der Waals surface area contributed by atoms with E-state index < -0.39 is 0 Å². The molecule has 0 fully saturated rings. The first-order valence-electron chi connectivity index (χ1n) is 11.2. The third-order valence-corrected chi connectivity index (χ3v) is 6.18. The summed E-state index contributed by atoms with van der Waals surface area (Å²) in [6.07, 6.45) is 0. The van der Waals surface area contributed by atoms with Gasteiger partial charge >= 0.3 is 0 Å². The highest BCUT2D eigenvalue weighted by Crippen LogP contribution is 2.43. The van der Waals surface area contributed by atoms with Crippen molar-refractivity contribution in [2.45, 2.75) is 41.5 Å². The first-order valence-corrected chi connectivity index (χ1v) is 11.2. The summed E-state index contributed by atoms with van der Waals surface area (Å²) in [4.78, 5) is 0. The molecule has 0 heterocycles. The van der Waals surface area contributed by atoms with Crippen LogP contribution in [-0.4, -0.2) is 0 Å². The zero-order chi connectivity index (χ0) is 23.0. The van der Waals surface area contributed by atoms with E-state index in [1.165, 1.54) is 55.6 Å². The molecule has 4 rings (SSSR count). The number of nitrogens with two attached hydrogens (primary N) is 1. The van der Waals surface area contributed by atoms with Crippen molar-refractivity contribution in [2.75, 3.05) is 11.1 Å². The van der Waals surface area contributed by atoms with Gasteiger partial charge in [0.25, 0.3) is 0 Å². The molecule has 32 heavy (non-hydrogen) atoms. The lowest BCUT2D eigenvalue weighted by molar-refractivity contribution is 1.31. The molecule has 0 atom stereocenters. The second-order valence-electron chi connectivity index (χ2n) is 8.99. The van der Waals surface area contributed by atoms with Crippen LogP contribution in [-0.2, 0) is 0 Å². The third kappa shape index (κ3) is 4.01. The van der Waals surface area contributed by atoms with Crippen molar-refractivity contribution in [1.29, 1.82) is 0 Å². The summed E-state index contributed by atoms with van der Waals surface area (Å²) >= 11 is 0. The van der Waals surface area contributed by atoms with Crippen molar-refractivity contribution >= 4 is 17.1 Å². The summed E-state index contributed by atoms with van der Waals surface area (Å²) in [6.45, 7) is 13.1. The molecular weight excluding hydrogens is 388 g/mol. The smallest absolute Gasteiger partial charge is 0.0618 e. The van der Waals surface area contributed by atoms with E-state index in [4.69, 9.17) is 5.73 Å². The molecule has 4 aromatic carbocycles. The van der Waals surface area contributed by atoms with Gasteiger partial charge in [0.2, 0.25) is 0 Å². The Bertz CT molecular complexity index is 1190. The molecule has 0 radical (unpaired) electrons. The van der Waals surface area contributed by atoms with Crippen LogP contribution < -0.4 is 11.1 Å². The van der Waals surface area contributed by atoms with Gasteiger partial charge in [-0.05, 0) is 87.1 Å². The van der Waals surface area contributed by atoms with Gasteiger partial charge in [-0.25, -0.2) is 0 Å². The molecule has 2 nitrogen and oxygen atoms in total. The van der Waals surface area contributed by atoms with E-state index in [1.54, 1.807) is 0 Å². The minimum Gasteiger partial charge on any atom is -0.397 e. The standard InChI is InChI=1S/C30H32N2/c1-18-14-20(3)28(21(4)15-18)24-10-9-11-25(29-22(5)16-19(2)17-23(29)6)30(24)32-27-13-8-7-12-26(27)31/h7-17,32H,31H2,1-6H3. The van der Waals surface area contributed by atoms with Crippen LogP contribution in [0.1, 0.15) is 33.4 Å². The average molecular weight is 421 g/mol. The van der Waals surface area contributed by atoms with Crippen molar-refractivity contribution in [3.05, 3.63) is 100 Å². The molecule has 0 aliphatic carbocycles. The van der Waals surface area contributed by atoms with Gasteiger partial charge < -0.3 is 11.1 Å². The van der Waals surface area contributed by atoms with Crippen LogP contribution in [0, 0.1) is 41.5 Å². The van der Waals surface area contributed by atoms with Gasteiger partial charge in [-0.2, -0.15) is 0 Å². The molecule has 0 aliphatic heterocycles. The number of anilines is 3. The van der Waals surface area contributed by atoms with E-state index in [-0.39, 0.29) is 0 Å². The molecule has 0 saturated heterocycles. The summed E-state index contributed by atoms with van der Waals surface area (Å²) in [5.41, 5.74) is 21.7. The monoisotopic (exact) mass is 420 g/mol. The Morgan fingerprint density at radius 2 is 1.00 bits per heavy atom. The predicted molar refractivity (Wildman–Crippen MR) is 140 cm³/mol. The molecule has 0 aliphatic rings. The molecule has 2 heteroatoms. The molecule has 0 spiro atoms. The normalized spacial score (nSPS) is 10.9. The van der Waals surface area contributed by atoms with Gasteiger partial charge in [0, 0.05) is 11.1 Å². The molecule has 0 saturated carbocycles. The lowest BCUT2D eigenvalue weighted by Gasteiger charge is -2.23. The average Bonchev–Trinajstić information content (AvgIpc) is 2.70. The first kappa shape index (κ1) is 21.7. The van der Waals surface area contributed by atoms with Crippen LogP contribution in [0.4, 0.5) is 17.1 Å². The van der Waals surface area contributed by atoms with Crippen molar-refractivity contribution in [2.24, 2.45) is 0 Å². The van der Waals surface area contributed by atoms with E-state index in [9.17, 15) is 0 Å². The van der Waals surface area contributed by atoms with Crippen molar-refractivity contribution in [3.8, 4) is 22.3 Å². The number of nitrogens with one attached hydrogen (secondary N) is 1. The number of nitrogen functional groups attached to an aromatic ring is 1. The minimum absolute atomic E-state index is 0.739. The minimum atomic E-state index is 0.739. The number of benzene rings is 4. The van der Waals surface area contributed by atoms with Gasteiger partial charge in [0.05, 0.1) is 17.1 Å². The SMILES string of the molecule is Cc1cc(C)c(-c2cccc(-c3c(C)cc(C)cc3C)c2Nc2ccccc2N)c(C)c1. The fourth-order valence-corrected chi connectivity index (χ4v) is 5.06. The Labute approximate surface area is 192 Å². The van der Waals surface area contributed by atoms with Crippen LogP contribution in [0.15, 0.2) is 66.7 Å². The molecule has 4 aromatic rings. The number of aryl methyl sites for hydroxylation is 6.